The first-order valence-corrected chi connectivity index (χ1v) is 9.02. The Bertz CT molecular complexity index is 914. The molecule has 0 aromatic heterocycles. The summed E-state index contributed by atoms with van der Waals surface area (Å²) in [6, 6.07) is 13.9. The Hall–Kier alpha value is -3.20. The molecule has 0 aliphatic carbocycles. The normalized spacial score (nSPS) is 10.8. The van der Waals surface area contributed by atoms with Gasteiger partial charge in [0.2, 0.25) is 5.91 Å². The van der Waals surface area contributed by atoms with Crippen molar-refractivity contribution in [2.45, 2.75) is 13.3 Å². The minimum Gasteiger partial charge on any atom is -0.495 e. The van der Waals surface area contributed by atoms with E-state index in [2.05, 4.69) is 37.1 Å². The zero-order valence-electron chi connectivity index (χ0n) is 15.3. The maximum absolute atomic E-state index is 12.0. The van der Waals surface area contributed by atoms with Crippen LogP contribution in [0.15, 0.2) is 58.1 Å². The average molecular weight is 447 g/mol. The second-order valence-corrected chi connectivity index (χ2v) is 6.50. The highest BCUT2D eigenvalue weighted by molar-refractivity contribution is 9.10. The second-order valence-electron chi connectivity index (χ2n) is 5.65. The molecule has 28 heavy (non-hydrogen) atoms. The third-order valence-electron chi connectivity index (χ3n) is 3.47. The molecule has 0 fully saturated rings. The second kappa shape index (κ2) is 10.2. The highest BCUT2D eigenvalue weighted by atomic mass is 79.9. The third-order valence-corrected chi connectivity index (χ3v) is 4.17. The van der Waals surface area contributed by atoms with Gasteiger partial charge in [-0.3, -0.25) is 14.4 Å². The maximum atomic E-state index is 12.0. The van der Waals surface area contributed by atoms with E-state index in [1.165, 1.54) is 7.11 Å². The first kappa shape index (κ1) is 21.1. The molecule has 0 aliphatic heterocycles. The number of para-hydroxylation sites is 3. The summed E-state index contributed by atoms with van der Waals surface area (Å²) >= 11 is 3.34. The lowest BCUT2D eigenvalue weighted by Gasteiger charge is -2.09. The quantitative estimate of drug-likeness (QED) is 0.360. The lowest BCUT2D eigenvalue weighted by Crippen LogP contribution is -2.33. The van der Waals surface area contributed by atoms with Crippen LogP contribution in [0.2, 0.25) is 0 Å². The topological polar surface area (TPSA) is 109 Å². The van der Waals surface area contributed by atoms with Gasteiger partial charge < -0.3 is 15.4 Å². The van der Waals surface area contributed by atoms with Crippen LogP contribution in [-0.4, -0.2) is 30.5 Å². The van der Waals surface area contributed by atoms with Crippen molar-refractivity contribution in [1.82, 2.24) is 5.43 Å². The molecule has 0 radical (unpaired) electrons. The number of hydrogen-bond acceptors (Lipinski definition) is 5. The molecule has 146 valence electrons. The van der Waals surface area contributed by atoms with Crippen molar-refractivity contribution in [3.05, 3.63) is 53.0 Å². The monoisotopic (exact) mass is 446 g/mol. The summed E-state index contributed by atoms with van der Waals surface area (Å²) in [6.07, 6.45) is -0.0459. The molecule has 0 spiro atoms. The highest BCUT2D eigenvalue weighted by Crippen LogP contribution is 2.23. The van der Waals surface area contributed by atoms with Gasteiger partial charge in [-0.2, -0.15) is 5.10 Å². The van der Waals surface area contributed by atoms with Crippen molar-refractivity contribution < 1.29 is 19.1 Å². The van der Waals surface area contributed by atoms with E-state index in [0.717, 1.165) is 4.47 Å². The summed E-state index contributed by atoms with van der Waals surface area (Å²) in [4.78, 5) is 35.9. The number of rotatable bonds is 6. The Morgan fingerprint density at radius 3 is 2.29 bits per heavy atom. The number of nitrogens with zero attached hydrogens (tertiary/aromatic N) is 1. The maximum Gasteiger partial charge on any atom is 0.329 e. The first-order valence-electron chi connectivity index (χ1n) is 8.22. The predicted octanol–water partition coefficient (Wildman–Crippen LogP) is 2.92. The van der Waals surface area contributed by atoms with E-state index in [-0.39, 0.29) is 12.3 Å². The molecule has 0 saturated heterocycles. The van der Waals surface area contributed by atoms with E-state index >= 15 is 0 Å². The van der Waals surface area contributed by atoms with Gasteiger partial charge in [0.1, 0.15) is 5.75 Å². The van der Waals surface area contributed by atoms with E-state index in [0.29, 0.717) is 22.8 Å². The molecule has 3 N–H and O–H groups in total. The van der Waals surface area contributed by atoms with Crippen molar-refractivity contribution in [2.24, 2.45) is 5.10 Å². The lowest BCUT2D eigenvalue weighted by molar-refractivity contribution is -0.136. The molecule has 2 aromatic rings. The molecule has 0 atom stereocenters. The summed E-state index contributed by atoms with van der Waals surface area (Å²) in [6.45, 7) is 1.57. The average Bonchev–Trinajstić information content (AvgIpc) is 2.68. The molecule has 0 aliphatic rings. The van der Waals surface area contributed by atoms with Crippen LogP contribution in [0.4, 0.5) is 11.4 Å². The number of hydrogen-bond donors (Lipinski definition) is 3. The van der Waals surface area contributed by atoms with E-state index in [1.54, 1.807) is 49.4 Å². The van der Waals surface area contributed by atoms with Gasteiger partial charge in [0.15, 0.2) is 0 Å². The molecule has 0 unspecified atom stereocenters. The Morgan fingerprint density at radius 2 is 1.61 bits per heavy atom. The van der Waals surface area contributed by atoms with Gasteiger partial charge in [0, 0.05) is 10.2 Å². The smallest absolute Gasteiger partial charge is 0.329 e. The number of anilines is 2. The van der Waals surface area contributed by atoms with Crippen LogP contribution in [0, 0.1) is 0 Å². The SMILES string of the molecule is COc1ccccc1NC(=O)C(=O)N/N=C(/C)CC(=O)Nc1ccccc1Br. The predicted molar refractivity (Wildman–Crippen MR) is 110 cm³/mol. The summed E-state index contributed by atoms with van der Waals surface area (Å²) in [5.41, 5.74) is 3.45. The Labute approximate surface area is 170 Å². The molecule has 0 bridgehead atoms. The minimum absolute atomic E-state index is 0.0459. The van der Waals surface area contributed by atoms with Gasteiger partial charge in [-0.1, -0.05) is 24.3 Å². The molecule has 0 heterocycles. The lowest BCUT2D eigenvalue weighted by atomic mass is 10.2. The van der Waals surface area contributed by atoms with Crippen LogP contribution in [0.3, 0.4) is 0 Å². The standard InChI is InChI=1S/C19H19BrN4O4/c1-12(11-17(25)21-14-8-4-3-7-13(14)20)23-24-19(27)18(26)22-15-9-5-6-10-16(15)28-2/h3-10H,11H2,1-2H3,(H,21,25)(H,22,26)(H,24,27)/b23-12-. The number of nitrogens with one attached hydrogen (secondary N) is 3. The molecule has 8 nitrogen and oxygen atoms in total. The Kier molecular flexibility index (Phi) is 7.70. The van der Waals surface area contributed by atoms with Crippen molar-refractivity contribution in [1.29, 1.82) is 0 Å². The fourth-order valence-electron chi connectivity index (χ4n) is 2.15. The molecule has 9 heteroatoms. The third kappa shape index (κ3) is 6.20. The summed E-state index contributed by atoms with van der Waals surface area (Å²) in [7, 11) is 1.46. The molecule has 2 aromatic carbocycles. The van der Waals surface area contributed by atoms with Crippen LogP contribution in [-0.2, 0) is 14.4 Å². The fourth-order valence-corrected chi connectivity index (χ4v) is 2.54. The van der Waals surface area contributed by atoms with Gasteiger partial charge in [0.05, 0.1) is 24.9 Å². The molecular weight excluding hydrogens is 428 g/mol. The van der Waals surface area contributed by atoms with Crippen LogP contribution >= 0.6 is 15.9 Å². The number of methoxy groups -OCH3 is 1. The number of halogens is 1. The van der Waals surface area contributed by atoms with Gasteiger partial charge >= 0.3 is 11.8 Å². The van der Waals surface area contributed by atoms with Crippen molar-refractivity contribution in [3.63, 3.8) is 0 Å². The van der Waals surface area contributed by atoms with Gasteiger partial charge in [-0.15, -0.1) is 0 Å². The largest absolute Gasteiger partial charge is 0.495 e. The minimum atomic E-state index is -0.962. The van der Waals surface area contributed by atoms with E-state index in [9.17, 15) is 14.4 Å². The molecule has 0 saturated carbocycles. The number of benzene rings is 2. The van der Waals surface area contributed by atoms with Crippen molar-refractivity contribution in [3.8, 4) is 5.75 Å². The highest BCUT2D eigenvalue weighted by Gasteiger charge is 2.15. The van der Waals surface area contributed by atoms with Gasteiger partial charge in [-0.25, -0.2) is 5.43 Å². The fraction of sp³-hybridized carbons (Fsp3) is 0.158. The number of amides is 3. The van der Waals surface area contributed by atoms with E-state index in [1.807, 2.05) is 6.07 Å². The summed E-state index contributed by atoms with van der Waals surface area (Å²) in [5.74, 6) is -1.75. The van der Waals surface area contributed by atoms with Crippen LogP contribution in [0.25, 0.3) is 0 Å². The molecule has 3 amide bonds. The summed E-state index contributed by atoms with van der Waals surface area (Å²) < 4.78 is 5.85. The number of carbonyl (C=O) groups excluding carboxylic acids is 3. The molecular formula is C19H19BrN4O4. The first-order chi connectivity index (χ1) is 13.4. The number of ether oxygens (including phenoxy) is 1. The van der Waals surface area contributed by atoms with Gasteiger partial charge in [-0.05, 0) is 47.1 Å². The van der Waals surface area contributed by atoms with Gasteiger partial charge in [0.25, 0.3) is 0 Å². The van der Waals surface area contributed by atoms with Crippen molar-refractivity contribution >= 4 is 50.7 Å². The number of carbonyl (C=O) groups is 3. The van der Waals surface area contributed by atoms with Crippen molar-refractivity contribution in [2.75, 3.05) is 17.7 Å². The van der Waals surface area contributed by atoms with Crippen LogP contribution < -0.4 is 20.8 Å². The Morgan fingerprint density at radius 1 is 0.964 bits per heavy atom. The van der Waals surface area contributed by atoms with Crippen LogP contribution in [0.1, 0.15) is 13.3 Å². The molecule has 2 rings (SSSR count). The van der Waals surface area contributed by atoms with Crippen LogP contribution in [0.5, 0.6) is 5.75 Å². The Balaban J connectivity index is 1.87. The van der Waals surface area contributed by atoms with E-state index < -0.39 is 11.8 Å². The summed E-state index contributed by atoms with van der Waals surface area (Å²) in [5, 5.41) is 8.95. The zero-order valence-corrected chi connectivity index (χ0v) is 16.9. The zero-order chi connectivity index (χ0) is 20.5. The number of hydrazone groups is 1. The van der Waals surface area contributed by atoms with E-state index in [4.69, 9.17) is 4.74 Å².